The molecule has 102 valence electrons. The molecular formula is C15H16N4O. The molecule has 0 saturated heterocycles. The number of nitrogens with zero attached hydrogens (tertiary/aromatic N) is 4. The third-order valence-electron chi connectivity index (χ3n) is 3.31. The zero-order valence-electron chi connectivity index (χ0n) is 11.7. The summed E-state index contributed by atoms with van der Waals surface area (Å²) in [4.78, 5) is 2.01. The van der Waals surface area contributed by atoms with Gasteiger partial charge in [-0.1, -0.05) is 12.1 Å². The van der Waals surface area contributed by atoms with Crippen molar-refractivity contribution in [1.82, 2.24) is 10.2 Å². The topological polar surface area (TPSA) is 62.0 Å². The van der Waals surface area contributed by atoms with Crippen molar-refractivity contribution in [3.8, 4) is 11.8 Å². The Morgan fingerprint density at radius 1 is 1.15 bits per heavy atom. The van der Waals surface area contributed by atoms with Crippen LogP contribution >= 0.6 is 0 Å². The number of anilines is 1. The molecule has 2 rings (SSSR count). The maximum absolute atomic E-state index is 8.73. The van der Waals surface area contributed by atoms with Crippen molar-refractivity contribution in [3.05, 3.63) is 47.7 Å². The largest absolute Gasteiger partial charge is 0.497 e. The average Bonchev–Trinajstić information content (AvgIpc) is 2.53. The highest BCUT2D eigenvalue weighted by Crippen LogP contribution is 2.24. The Morgan fingerprint density at radius 2 is 1.85 bits per heavy atom. The average molecular weight is 268 g/mol. The lowest BCUT2D eigenvalue weighted by molar-refractivity contribution is 0.414. The van der Waals surface area contributed by atoms with Gasteiger partial charge < -0.3 is 9.64 Å². The molecule has 0 saturated carbocycles. The maximum Gasteiger partial charge on any atom is 0.163 e. The molecule has 0 spiro atoms. The molecule has 0 aliphatic rings. The molecule has 1 aromatic carbocycles. The zero-order chi connectivity index (χ0) is 14.5. The molecule has 0 aliphatic carbocycles. The van der Waals surface area contributed by atoms with Gasteiger partial charge in [0.1, 0.15) is 11.8 Å². The van der Waals surface area contributed by atoms with E-state index < -0.39 is 0 Å². The molecule has 20 heavy (non-hydrogen) atoms. The highest BCUT2D eigenvalue weighted by Gasteiger charge is 2.14. The van der Waals surface area contributed by atoms with Gasteiger partial charge in [0.2, 0.25) is 0 Å². The van der Waals surface area contributed by atoms with E-state index in [0.717, 1.165) is 17.1 Å². The number of ether oxygens (including phenoxy) is 1. The molecule has 2 aromatic rings. The summed E-state index contributed by atoms with van der Waals surface area (Å²) in [5.41, 5.74) is 1.47. The van der Waals surface area contributed by atoms with Gasteiger partial charge in [-0.15, -0.1) is 10.2 Å². The standard InChI is InChI=1S/C15H16N4O/c1-11(12-4-7-14(20-3)8-5-12)19(2)15-9-6-13(10-16)17-18-15/h4-9,11H,1-3H3. The van der Waals surface area contributed by atoms with Crippen molar-refractivity contribution in [2.45, 2.75) is 13.0 Å². The quantitative estimate of drug-likeness (QED) is 0.852. The summed E-state index contributed by atoms with van der Waals surface area (Å²) in [6, 6.07) is 13.5. The van der Waals surface area contributed by atoms with E-state index in [9.17, 15) is 0 Å². The highest BCUT2D eigenvalue weighted by molar-refractivity contribution is 5.42. The molecule has 1 atom stereocenters. The second kappa shape index (κ2) is 6.02. The normalized spacial score (nSPS) is 11.5. The number of hydrogen-bond donors (Lipinski definition) is 0. The molecule has 0 aliphatic heterocycles. The predicted octanol–water partition coefficient (Wildman–Crippen LogP) is 2.55. The van der Waals surface area contributed by atoms with E-state index in [0.29, 0.717) is 5.69 Å². The molecule has 1 heterocycles. The number of rotatable bonds is 4. The first kappa shape index (κ1) is 13.8. The van der Waals surface area contributed by atoms with E-state index in [4.69, 9.17) is 10.00 Å². The molecule has 0 fully saturated rings. The van der Waals surface area contributed by atoms with Gasteiger partial charge >= 0.3 is 0 Å². The molecule has 5 nitrogen and oxygen atoms in total. The molecule has 1 aromatic heterocycles. The smallest absolute Gasteiger partial charge is 0.163 e. The molecule has 0 radical (unpaired) electrons. The van der Waals surface area contributed by atoms with E-state index in [1.54, 1.807) is 19.2 Å². The summed E-state index contributed by atoms with van der Waals surface area (Å²) >= 11 is 0. The first-order valence-electron chi connectivity index (χ1n) is 6.26. The van der Waals surface area contributed by atoms with Gasteiger partial charge in [-0.05, 0) is 36.8 Å². The van der Waals surface area contributed by atoms with Crippen molar-refractivity contribution >= 4 is 5.82 Å². The lowest BCUT2D eigenvalue weighted by Gasteiger charge is -2.25. The summed E-state index contributed by atoms with van der Waals surface area (Å²) in [5.74, 6) is 1.56. The number of nitriles is 1. The van der Waals surface area contributed by atoms with Crippen molar-refractivity contribution in [1.29, 1.82) is 5.26 Å². The molecule has 0 N–H and O–H groups in total. The van der Waals surface area contributed by atoms with Crippen LogP contribution in [0.2, 0.25) is 0 Å². The van der Waals surface area contributed by atoms with Crippen molar-refractivity contribution in [2.24, 2.45) is 0 Å². The summed E-state index contributed by atoms with van der Waals surface area (Å²) in [5, 5.41) is 16.6. The van der Waals surface area contributed by atoms with Crippen LogP contribution in [-0.4, -0.2) is 24.4 Å². The Bertz CT molecular complexity index is 601. The Balaban J connectivity index is 2.17. The van der Waals surface area contributed by atoms with E-state index in [2.05, 4.69) is 17.1 Å². The molecular weight excluding hydrogens is 252 g/mol. The summed E-state index contributed by atoms with van der Waals surface area (Å²) in [7, 11) is 3.60. The van der Waals surface area contributed by atoms with Crippen molar-refractivity contribution in [3.63, 3.8) is 0 Å². The Morgan fingerprint density at radius 3 is 2.35 bits per heavy atom. The van der Waals surface area contributed by atoms with Crippen LogP contribution in [-0.2, 0) is 0 Å². The van der Waals surface area contributed by atoms with Gasteiger partial charge in [0.25, 0.3) is 0 Å². The molecule has 0 bridgehead atoms. The fourth-order valence-electron chi connectivity index (χ4n) is 1.88. The van der Waals surface area contributed by atoms with Gasteiger partial charge in [-0.2, -0.15) is 5.26 Å². The van der Waals surface area contributed by atoms with Gasteiger partial charge in [0.15, 0.2) is 11.5 Å². The van der Waals surface area contributed by atoms with Crippen LogP contribution in [0.15, 0.2) is 36.4 Å². The van der Waals surface area contributed by atoms with Crippen LogP contribution in [0.5, 0.6) is 5.75 Å². The minimum atomic E-state index is 0.142. The summed E-state index contributed by atoms with van der Waals surface area (Å²) in [6.07, 6.45) is 0. The fraction of sp³-hybridized carbons (Fsp3) is 0.267. The lowest BCUT2D eigenvalue weighted by atomic mass is 10.1. The van der Waals surface area contributed by atoms with Crippen LogP contribution in [0, 0.1) is 11.3 Å². The first-order chi connectivity index (χ1) is 9.65. The summed E-state index contributed by atoms with van der Waals surface area (Å²) in [6.45, 7) is 2.09. The SMILES string of the molecule is COc1ccc(C(C)N(C)c2ccc(C#N)nn2)cc1. The predicted molar refractivity (Wildman–Crippen MR) is 76.6 cm³/mol. The second-order valence-corrected chi connectivity index (χ2v) is 4.45. The van der Waals surface area contributed by atoms with Gasteiger partial charge in [-0.3, -0.25) is 0 Å². The van der Waals surface area contributed by atoms with E-state index in [1.807, 2.05) is 42.3 Å². The van der Waals surface area contributed by atoms with E-state index in [1.165, 1.54) is 0 Å². The van der Waals surface area contributed by atoms with Crippen LogP contribution in [0.1, 0.15) is 24.2 Å². The monoisotopic (exact) mass is 268 g/mol. The molecule has 1 unspecified atom stereocenters. The van der Waals surface area contributed by atoms with Gasteiger partial charge in [0, 0.05) is 7.05 Å². The van der Waals surface area contributed by atoms with Crippen LogP contribution in [0.3, 0.4) is 0 Å². The highest BCUT2D eigenvalue weighted by atomic mass is 16.5. The maximum atomic E-state index is 8.73. The number of methoxy groups -OCH3 is 1. The number of hydrogen-bond acceptors (Lipinski definition) is 5. The molecule has 5 heteroatoms. The van der Waals surface area contributed by atoms with Gasteiger partial charge in [0.05, 0.1) is 13.2 Å². The van der Waals surface area contributed by atoms with Crippen LogP contribution < -0.4 is 9.64 Å². The minimum absolute atomic E-state index is 0.142. The third-order valence-corrected chi connectivity index (χ3v) is 3.31. The van der Waals surface area contributed by atoms with Crippen LogP contribution in [0.4, 0.5) is 5.82 Å². The lowest BCUT2D eigenvalue weighted by Crippen LogP contribution is -2.22. The Hall–Kier alpha value is -2.61. The van der Waals surface area contributed by atoms with Crippen molar-refractivity contribution in [2.75, 3.05) is 19.1 Å². The Labute approximate surface area is 118 Å². The van der Waals surface area contributed by atoms with Crippen molar-refractivity contribution < 1.29 is 4.74 Å². The number of benzene rings is 1. The van der Waals surface area contributed by atoms with Crippen LogP contribution in [0.25, 0.3) is 0 Å². The minimum Gasteiger partial charge on any atom is -0.497 e. The Kier molecular flexibility index (Phi) is 4.16. The number of aromatic nitrogens is 2. The van der Waals surface area contributed by atoms with E-state index >= 15 is 0 Å². The first-order valence-corrected chi connectivity index (χ1v) is 6.26. The van der Waals surface area contributed by atoms with E-state index in [-0.39, 0.29) is 6.04 Å². The molecule has 0 amide bonds. The third kappa shape index (κ3) is 2.86. The summed E-state index contributed by atoms with van der Waals surface area (Å²) < 4.78 is 5.15. The fourth-order valence-corrected chi connectivity index (χ4v) is 1.88. The second-order valence-electron chi connectivity index (χ2n) is 4.45. The van der Waals surface area contributed by atoms with Gasteiger partial charge in [-0.25, -0.2) is 0 Å². The zero-order valence-corrected chi connectivity index (χ0v) is 11.7.